The minimum atomic E-state index is -3.70. The Morgan fingerprint density at radius 1 is 1.09 bits per heavy atom. The number of hydrogen-bond donors (Lipinski definition) is 1. The highest BCUT2D eigenvalue weighted by Crippen LogP contribution is 2.34. The van der Waals surface area contributed by atoms with Gasteiger partial charge in [-0.15, -0.1) is 11.3 Å². The minimum Gasteiger partial charge on any atom is -0.368 e. The molecule has 7 nitrogen and oxygen atoms in total. The number of primary amides is 1. The lowest BCUT2D eigenvalue weighted by Gasteiger charge is -2.35. The van der Waals surface area contributed by atoms with Crippen molar-refractivity contribution in [2.75, 3.05) is 31.1 Å². The molecular weight excluding hydrogens is 480 g/mol. The molecule has 1 aliphatic heterocycles. The highest BCUT2D eigenvalue weighted by atomic mass is 35.5. The summed E-state index contributed by atoms with van der Waals surface area (Å²) in [4.78, 5) is 14.2. The van der Waals surface area contributed by atoms with Crippen LogP contribution < -0.4 is 10.6 Å². The van der Waals surface area contributed by atoms with Crippen molar-refractivity contribution in [3.05, 3.63) is 81.2 Å². The number of rotatable bonds is 6. The molecule has 3 aromatic rings. The fourth-order valence-electron chi connectivity index (χ4n) is 3.79. The van der Waals surface area contributed by atoms with Crippen molar-refractivity contribution in [1.29, 1.82) is 5.26 Å². The zero-order valence-corrected chi connectivity index (χ0v) is 20.0. The lowest BCUT2D eigenvalue weighted by Crippen LogP contribution is -2.48. The molecule has 1 fully saturated rings. The number of anilines is 1. The summed E-state index contributed by atoms with van der Waals surface area (Å²) in [6.45, 7) is 1.61. The van der Waals surface area contributed by atoms with Gasteiger partial charge < -0.3 is 10.6 Å². The summed E-state index contributed by atoms with van der Waals surface area (Å²) < 4.78 is 28.2. The predicted octanol–water partition coefficient (Wildman–Crippen LogP) is 3.47. The van der Waals surface area contributed by atoms with Crippen LogP contribution in [0.2, 0.25) is 5.02 Å². The Morgan fingerprint density at radius 3 is 2.52 bits per heavy atom. The molecule has 0 radical (unpaired) electrons. The van der Waals surface area contributed by atoms with Crippen molar-refractivity contribution in [3.8, 4) is 6.07 Å². The first kappa shape index (κ1) is 23.3. The Bertz CT molecular complexity index is 1340. The van der Waals surface area contributed by atoms with E-state index in [1.807, 2.05) is 29.2 Å². The summed E-state index contributed by atoms with van der Waals surface area (Å²) >= 11 is 7.51. The average Bonchev–Trinajstić information content (AvgIpc) is 3.20. The van der Waals surface area contributed by atoms with Crippen LogP contribution in [-0.4, -0.2) is 44.8 Å². The van der Waals surface area contributed by atoms with Gasteiger partial charge in [-0.3, -0.25) is 4.79 Å². The molecule has 1 saturated heterocycles. The molecule has 2 N–H and O–H groups in total. The molecule has 1 aromatic heterocycles. The number of benzene rings is 2. The molecule has 4 rings (SSSR count). The second-order valence-corrected chi connectivity index (χ2v) is 11.3. The highest BCUT2D eigenvalue weighted by Gasteiger charge is 2.31. The fraction of sp³-hybridized carbons (Fsp3) is 0.217. The van der Waals surface area contributed by atoms with E-state index in [2.05, 4.69) is 6.07 Å². The van der Waals surface area contributed by atoms with Crippen LogP contribution in [-0.2, 0) is 16.4 Å². The molecule has 0 saturated carbocycles. The normalized spacial score (nSPS) is 14.7. The van der Waals surface area contributed by atoms with Gasteiger partial charge in [0.2, 0.25) is 5.91 Å². The molecule has 0 spiro atoms. The van der Waals surface area contributed by atoms with Gasteiger partial charge in [0.25, 0.3) is 10.0 Å². The van der Waals surface area contributed by atoms with Gasteiger partial charge in [-0.05, 0) is 35.9 Å². The van der Waals surface area contributed by atoms with Crippen molar-refractivity contribution < 1.29 is 13.2 Å². The Labute approximate surface area is 201 Å². The predicted molar refractivity (Wildman–Crippen MR) is 129 cm³/mol. The van der Waals surface area contributed by atoms with E-state index in [-0.39, 0.29) is 4.21 Å². The van der Waals surface area contributed by atoms with Crippen LogP contribution in [0.15, 0.2) is 58.8 Å². The summed E-state index contributed by atoms with van der Waals surface area (Å²) in [5, 5.41) is 9.72. The van der Waals surface area contributed by atoms with Gasteiger partial charge in [-0.1, -0.05) is 35.9 Å². The van der Waals surface area contributed by atoms with Crippen LogP contribution in [0.1, 0.15) is 26.4 Å². The average molecular weight is 501 g/mol. The molecular formula is C23H21ClN4O3S2. The highest BCUT2D eigenvalue weighted by molar-refractivity contribution is 7.91. The zero-order valence-electron chi connectivity index (χ0n) is 17.6. The van der Waals surface area contributed by atoms with Crippen LogP contribution >= 0.6 is 22.9 Å². The van der Waals surface area contributed by atoms with Gasteiger partial charge in [0, 0.05) is 43.0 Å². The summed E-state index contributed by atoms with van der Waals surface area (Å²) in [7, 11) is -3.70. The van der Waals surface area contributed by atoms with Gasteiger partial charge in [0.15, 0.2) is 0 Å². The number of carbonyl (C=O) groups is 1. The summed E-state index contributed by atoms with van der Waals surface area (Å²) in [6.07, 6.45) is 0.402. The fourth-order valence-corrected chi connectivity index (χ4v) is 7.23. The minimum absolute atomic E-state index is 0.194. The van der Waals surface area contributed by atoms with Crippen molar-refractivity contribution in [3.63, 3.8) is 0 Å². The van der Waals surface area contributed by atoms with Crippen molar-refractivity contribution in [2.24, 2.45) is 5.73 Å². The van der Waals surface area contributed by atoms with Crippen molar-refractivity contribution in [2.45, 2.75) is 10.6 Å². The van der Waals surface area contributed by atoms with Crippen molar-refractivity contribution in [1.82, 2.24) is 4.31 Å². The lowest BCUT2D eigenvalue weighted by atomic mass is 10.1. The number of thiophene rings is 1. The number of piperazine rings is 1. The van der Waals surface area contributed by atoms with Crippen LogP contribution in [0, 0.1) is 11.3 Å². The van der Waals surface area contributed by atoms with Crippen LogP contribution in [0.5, 0.6) is 0 Å². The maximum atomic E-state index is 13.3. The maximum absolute atomic E-state index is 13.3. The first-order valence-corrected chi connectivity index (χ1v) is 12.8. The largest absolute Gasteiger partial charge is 0.368 e. The topological polar surface area (TPSA) is 108 Å². The van der Waals surface area contributed by atoms with Crippen LogP contribution in [0.25, 0.3) is 0 Å². The number of hydrogen-bond acceptors (Lipinski definition) is 6. The van der Waals surface area contributed by atoms with Gasteiger partial charge in [-0.2, -0.15) is 9.57 Å². The maximum Gasteiger partial charge on any atom is 0.252 e. The van der Waals surface area contributed by atoms with E-state index in [0.29, 0.717) is 53.6 Å². The third kappa shape index (κ3) is 4.89. The monoisotopic (exact) mass is 500 g/mol. The molecule has 1 aliphatic rings. The lowest BCUT2D eigenvalue weighted by molar-refractivity contribution is 0.1000. The molecule has 0 unspecified atom stereocenters. The van der Waals surface area contributed by atoms with Crippen LogP contribution in [0.3, 0.4) is 0 Å². The number of halogens is 1. The Hall–Kier alpha value is -2.90. The zero-order chi connectivity index (χ0) is 23.6. The Kier molecular flexibility index (Phi) is 6.72. The molecule has 170 valence electrons. The van der Waals surface area contributed by atoms with Gasteiger partial charge in [0.05, 0.1) is 16.3 Å². The molecule has 33 heavy (non-hydrogen) atoms. The van der Waals surface area contributed by atoms with E-state index < -0.39 is 15.9 Å². The molecule has 1 amide bonds. The van der Waals surface area contributed by atoms with Gasteiger partial charge in [-0.25, -0.2) is 8.42 Å². The number of nitrogens with zero attached hydrogens (tertiary/aromatic N) is 3. The second-order valence-electron chi connectivity index (χ2n) is 7.60. The number of para-hydroxylation sites is 1. The molecule has 0 atom stereocenters. The SMILES string of the molecule is N#Cc1ccccc1N1CCN(S(=O)(=O)c2cc(Cl)c(Cc3cccc(C(N)=O)c3)s2)CC1. The van der Waals surface area contributed by atoms with Gasteiger partial charge >= 0.3 is 0 Å². The Balaban J connectivity index is 1.49. The molecule has 0 aliphatic carbocycles. The summed E-state index contributed by atoms with van der Waals surface area (Å²) in [6, 6.07) is 17.9. The molecule has 2 heterocycles. The van der Waals surface area contributed by atoms with E-state index in [1.54, 1.807) is 24.3 Å². The van der Waals surface area contributed by atoms with Crippen LogP contribution in [0.4, 0.5) is 5.69 Å². The molecule has 10 heteroatoms. The number of nitrogens with two attached hydrogens (primary N) is 1. The van der Waals surface area contributed by atoms with Crippen molar-refractivity contribution >= 4 is 44.6 Å². The first-order chi connectivity index (χ1) is 15.8. The van der Waals surface area contributed by atoms with E-state index in [4.69, 9.17) is 17.3 Å². The molecule has 2 aromatic carbocycles. The third-order valence-corrected chi connectivity index (χ3v) is 9.44. The van der Waals surface area contributed by atoms with Gasteiger partial charge in [0.1, 0.15) is 10.3 Å². The number of carbonyl (C=O) groups excluding carboxylic acids is 1. The standard InChI is InChI=1S/C23H21ClN4O3S2/c24-19-14-22(32-21(19)13-16-4-3-6-17(12-16)23(26)29)33(30,31)28-10-8-27(9-11-28)20-7-2-1-5-18(20)15-25/h1-7,12,14H,8-11,13H2,(H2,26,29). The molecule has 0 bridgehead atoms. The van der Waals surface area contributed by atoms with E-state index >= 15 is 0 Å². The Morgan fingerprint density at radius 2 is 1.82 bits per heavy atom. The first-order valence-electron chi connectivity index (χ1n) is 10.2. The van der Waals surface area contributed by atoms with E-state index in [9.17, 15) is 18.5 Å². The summed E-state index contributed by atoms with van der Waals surface area (Å²) in [5.41, 5.74) is 7.95. The quantitative estimate of drug-likeness (QED) is 0.557. The smallest absolute Gasteiger partial charge is 0.252 e. The third-order valence-electron chi connectivity index (χ3n) is 5.51. The number of sulfonamides is 1. The number of amides is 1. The second kappa shape index (κ2) is 9.53. The van der Waals surface area contributed by atoms with E-state index in [1.165, 1.54) is 10.4 Å². The number of nitriles is 1. The van der Waals surface area contributed by atoms with E-state index in [0.717, 1.165) is 22.6 Å². The summed E-state index contributed by atoms with van der Waals surface area (Å²) in [5.74, 6) is -0.520.